The van der Waals surface area contributed by atoms with Crippen molar-refractivity contribution >= 4 is 17.7 Å². The van der Waals surface area contributed by atoms with Gasteiger partial charge >= 0.3 is 6.09 Å². The molecule has 3 saturated carbocycles. The minimum atomic E-state index is -0.929. The zero-order valence-corrected chi connectivity index (χ0v) is 10.2. The average Bonchev–Trinajstić information content (AvgIpc) is 1.75. The summed E-state index contributed by atoms with van der Waals surface area (Å²) in [5.41, 5.74) is 5.58. The highest BCUT2D eigenvalue weighted by Gasteiger charge is 2.66. The summed E-state index contributed by atoms with van der Waals surface area (Å²) in [5.74, 6) is 0. The molecule has 15 heavy (non-hydrogen) atoms. The van der Waals surface area contributed by atoms with E-state index in [0.717, 1.165) is 19.3 Å². The lowest BCUT2D eigenvalue weighted by Crippen LogP contribution is -2.82. The molecule has 0 saturated heterocycles. The summed E-state index contributed by atoms with van der Waals surface area (Å²) in [7, 11) is 0. The Morgan fingerprint density at radius 2 is 1.73 bits per heavy atom. The van der Waals surface area contributed by atoms with Crippen molar-refractivity contribution in [3.05, 3.63) is 0 Å². The Kier molecular flexibility index (Phi) is 2.96. The molecule has 0 atom stereocenters. The van der Waals surface area contributed by atoms with Crippen LogP contribution in [-0.4, -0.2) is 27.2 Å². The van der Waals surface area contributed by atoms with Gasteiger partial charge in [0, 0.05) is 16.0 Å². The van der Waals surface area contributed by atoms with Crippen LogP contribution < -0.4 is 11.1 Å². The third kappa shape index (κ3) is 3.54. The first kappa shape index (κ1) is 12.6. The topological polar surface area (TPSA) is 75.3 Å². The summed E-state index contributed by atoms with van der Waals surface area (Å²) in [6, 6.07) is 0. The molecule has 0 unspecified atom stereocenters. The van der Waals surface area contributed by atoms with Gasteiger partial charge < -0.3 is 16.2 Å². The van der Waals surface area contributed by atoms with Crippen LogP contribution in [-0.2, 0) is 0 Å². The summed E-state index contributed by atoms with van der Waals surface area (Å²) in [6.45, 7) is 5.86. The van der Waals surface area contributed by atoms with Gasteiger partial charge in [-0.15, -0.1) is 11.6 Å². The molecule has 0 aromatic carbocycles. The lowest BCUT2D eigenvalue weighted by molar-refractivity contribution is -0.0725. The van der Waals surface area contributed by atoms with Gasteiger partial charge in [0.05, 0.1) is 0 Å². The van der Waals surface area contributed by atoms with Crippen LogP contribution in [0.3, 0.4) is 0 Å². The van der Waals surface area contributed by atoms with Gasteiger partial charge in [0.15, 0.2) is 0 Å². The lowest BCUT2D eigenvalue weighted by Gasteiger charge is -2.68. The SMILES string of the molecule is CC(C)(C)Cl.NC12CC(NC(=O)O)(C1)C2. The number of carbonyl (C=O) groups is 1. The molecule has 0 aromatic rings. The van der Waals surface area contributed by atoms with Crippen LogP contribution in [0.15, 0.2) is 0 Å². The number of amides is 1. The minimum Gasteiger partial charge on any atom is -0.465 e. The number of nitrogens with two attached hydrogens (primary N) is 1. The quantitative estimate of drug-likeness (QED) is 0.607. The Balaban J connectivity index is 0.000000195. The van der Waals surface area contributed by atoms with E-state index in [9.17, 15) is 4.79 Å². The van der Waals surface area contributed by atoms with E-state index in [1.54, 1.807) is 0 Å². The van der Waals surface area contributed by atoms with E-state index in [1.165, 1.54) is 0 Å². The number of hydrogen-bond donors (Lipinski definition) is 3. The predicted octanol–water partition coefficient (Wildman–Crippen LogP) is 1.91. The second-order valence-corrected chi connectivity index (χ2v) is 6.80. The minimum absolute atomic E-state index is 0.0115. The van der Waals surface area contributed by atoms with Gasteiger partial charge in [-0.25, -0.2) is 4.79 Å². The number of rotatable bonds is 1. The number of halogens is 1. The fourth-order valence-electron chi connectivity index (χ4n) is 2.23. The van der Waals surface area contributed by atoms with Crippen LogP contribution in [0.2, 0.25) is 0 Å². The third-order valence-electron chi connectivity index (χ3n) is 2.44. The normalized spacial score (nSPS) is 36.6. The van der Waals surface area contributed by atoms with Gasteiger partial charge in [0.1, 0.15) is 0 Å². The van der Waals surface area contributed by atoms with Crippen molar-refractivity contribution in [2.45, 2.75) is 56.0 Å². The molecule has 0 radical (unpaired) electrons. The van der Waals surface area contributed by atoms with Crippen LogP contribution in [0.4, 0.5) is 4.79 Å². The van der Waals surface area contributed by atoms with E-state index in [1.807, 2.05) is 20.8 Å². The fraction of sp³-hybridized carbons (Fsp3) is 0.900. The van der Waals surface area contributed by atoms with E-state index in [0.29, 0.717) is 0 Å². The smallest absolute Gasteiger partial charge is 0.405 e. The molecule has 0 aromatic heterocycles. The molecule has 1 amide bonds. The van der Waals surface area contributed by atoms with Gasteiger partial charge in [-0.3, -0.25) is 0 Å². The first-order valence-corrected chi connectivity index (χ1v) is 5.40. The van der Waals surface area contributed by atoms with Crippen molar-refractivity contribution in [3.8, 4) is 0 Å². The van der Waals surface area contributed by atoms with Gasteiger partial charge in [0.25, 0.3) is 0 Å². The molecule has 3 aliphatic carbocycles. The molecule has 88 valence electrons. The first-order valence-electron chi connectivity index (χ1n) is 5.03. The molecule has 3 rings (SSSR count). The summed E-state index contributed by atoms with van der Waals surface area (Å²) in [4.78, 5) is 10.2. The van der Waals surface area contributed by atoms with Crippen LogP contribution in [0.25, 0.3) is 0 Å². The van der Waals surface area contributed by atoms with Crippen molar-refractivity contribution in [2.75, 3.05) is 0 Å². The Bertz CT molecular complexity index is 247. The Labute approximate surface area is 95.2 Å². The highest BCUT2D eigenvalue weighted by Crippen LogP contribution is 2.58. The second-order valence-electron chi connectivity index (χ2n) is 5.67. The van der Waals surface area contributed by atoms with E-state index in [-0.39, 0.29) is 16.0 Å². The molecular weight excluding hydrogens is 216 g/mol. The van der Waals surface area contributed by atoms with Crippen molar-refractivity contribution in [2.24, 2.45) is 5.73 Å². The van der Waals surface area contributed by atoms with Crippen LogP contribution in [0, 0.1) is 0 Å². The monoisotopic (exact) mass is 234 g/mol. The lowest BCUT2D eigenvalue weighted by atomic mass is 9.45. The van der Waals surface area contributed by atoms with Gasteiger partial charge in [-0.1, -0.05) is 0 Å². The number of carboxylic acid groups (broad SMARTS) is 1. The third-order valence-corrected chi connectivity index (χ3v) is 2.44. The molecule has 3 fully saturated rings. The molecule has 2 bridgehead atoms. The maximum absolute atomic E-state index is 10.2. The van der Waals surface area contributed by atoms with Crippen LogP contribution in [0.5, 0.6) is 0 Å². The summed E-state index contributed by atoms with van der Waals surface area (Å²) >= 11 is 5.53. The summed E-state index contributed by atoms with van der Waals surface area (Å²) in [5, 5.41) is 10.9. The highest BCUT2D eigenvalue weighted by molar-refractivity contribution is 6.23. The van der Waals surface area contributed by atoms with Crippen molar-refractivity contribution in [1.82, 2.24) is 5.32 Å². The average molecular weight is 235 g/mol. The molecule has 3 aliphatic rings. The van der Waals surface area contributed by atoms with E-state index >= 15 is 0 Å². The fourth-order valence-corrected chi connectivity index (χ4v) is 2.23. The zero-order valence-electron chi connectivity index (χ0n) is 9.43. The maximum Gasteiger partial charge on any atom is 0.405 e. The largest absolute Gasteiger partial charge is 0.465 e. The summed E-state index contributed by atoms with van der Waals surface area (Å²) in [6.07, 6.45) is 1.55. The maximum atomic E-state index is 10.2. The zero-order chi connectivity index (χ0) is 11.9. The van der Waals surface area contributed by atoms with Crippen LogP contribution >= 0.6 is 11.6 Å². The Hall–Kier alpha value is -0.480. The van der Waals surface area contributed by atoms with Gasteiger partial charge in [-0.2, -0.15) is 0 Å². The number of nitrogens with one attached hydrogen (secondary N) is 1. The van der Waals surface area contributed by atoms with E-state index in [4.69, 9.17) is 22.4 Å². The molecule has 0 aliphatic heterocycles. The van der Waals surface area contributed by atoms with E-state index in [2.05, 4.69) is 5.32 Å². The molecule has 0 heterocycles. The van der Waals surface area contributed by atoms with E-state index < -0.39 is 6.09 Å². The first-order chi connectivity index (χ1) is 6.54. The molecule has 4 N–H and O–H groups in total. The Morgan fingerprint density at radius 3 is 1.93 bits per heavy atom. The molecule has 4 nitrogen and oxygen atoms in total. The molecule has 5 heteroatoms. The highest BCUT2D eigenvalue weighted by atomic mass is 35.5. The Morgan fingerprint density at radius 1 is 1.40 bits per heavy atom. The van der Waals surface area contributed by atoms with Crippen molar-refractivity contribution in [3.63, 3.8) is 0 Å². The standard InChI is InChI=1S/C6H10N2O2.C4H9Cl/c7-5-1-6(2-5,3-5)8-4(9)10;1-4(2,3)5/h8H,1-3,7H2,(H,9,10);1-3H3. The summed E-state index contributed by atoms with van der Waals surface area (Å²) < 4.78 is 0. The van der Waals surface area contributed by atoms with Crippen LogP contribution in [0.1, 0.15) is 40.0 Å². The second kappa shape index (κ2) is 3.52. The van der Waals surface area contributed by atoms with Crippen molar-refractivity contribution in [1.29, 1.82) is 0 Å². The molecular formula is C10H19ClN2O2. The van der Waals surface area contributed by atoms with Gasteiger partial charge in [-0.05, 0) is 40.0 Å². The molecule has 0 spiro atoms. The van der Waals surface area contributed by atoms with Gasteiger partial charge in [0.2, 0.25) is 0 Å². The number of alkyl halides is 1. The van der Waals surface area contributed by atoms with Crippen molar-refractivity contribution < 1.29 is 9.90 Å². The predicted molar refractivity (Wildman–Crippen MR) is 60.3 cm³/mol. The number of hydrogen-bond acceptors (Lipinski definition) is 2.